The molecule has 1 fully saturated rings. The van der Waals surface area contributed by atoms with Gasteiger partial charge in [-0.15, -0.1) is 12.6 Å². The molecule has 0 aliphatic carbocycles. The third kappa shape index (κ3) is 7.44. The van der Waals surface area contributed by atoms with Crippen LogP contribution in [0.1, 0.15) is 37.8 Å². The van der Waals surface area contributed by atoms with Crippen molar-refractivity contribution in [1.82, 2.24) is 14.9 Å². The molecule has 0 radical (unpaired) electrons. The first kappa shape index (κ1) is 27.5. The zero-order valence-electron chi connectivity index (χ0n) is 21.6. The molecule has 10 heteroatoms. The maximum Gasteiger partial charge on any atom is 0.228 e. The molecule has 2 heterocycles. The van der Waals surface area contributed by atoms with Gasteiger partial charge in [-0.05, 0) is 68.1 Å². The Morgan fingerprint density at radius 1 is 1.25 bits per heavy atom. The molecule has 0 saturated carbocycles. The zero-order valence-corrected chi connectivity index (χ0v) is 22.5. The van der Waals surface area contributed by atoms with E-state index in [-0.39, 0.29) is 5.92 Å². The average molecular weight is 512 g/mol. The van der Waals surface area contributed by atoms with Gasteiger partial charge in [-0.1, -0.05) is 19.0 Å². The summed E-state index contributed by atoms with van der Waals surface area (Å²) >= 11 is 4.12. The monoisotopic (exact) mass is 511 g/mol. The third-order valence-electron chi connectivity index (χ3n) is 5.81. The highest BCUT2D eigenvalue weighted by Gasteiger charge is 2.28. The first-order valence-corrected chi connectivity index (χ1v) is 12.6. The smallest absolute Gasteiger partial charge is 0.228 e. The van der Waals surface area contributed by atoms with Gasteiger partial charge >= 0.3 is 0 Å². The highest BCUT2D eigenvalue weighted by atomic mass is 32.1. The van der Waals surface area contributed by atoms with Gasteiger partial charge in [0.15, 0.2) is 0 Å². The largest absolute Gasteiger partial charge is 0.438 e. The summed E-state index contributed by atoms with van der Waals surface area (Å²) in [5.41, 5.74) is 8.36. The Balaban J connectivity index is 1.80. The van der Waals surface area contributed by atoms with Gasteiger partial charge in [-0.25, -0.2) is 9.97 Å². The van der Waals surface area contributed by atoms with Gasteiger partial charge in [0.1, 0.15) is 17.9 Å². The highest BCUT2D eigenvalue weighted by Crippen LogP contribution is 2.33. The molecule has 1 aliphatic heterocycles. The summed E-state index contributed by atoms with van der Waals surface area (Å²) in [6, 6.07) is 7.54. The molecule has 36 heavy (non-hydrogen) atoms. The van der Waals surface area contributed by atoms with Crippen LogP contribution in [0.25, 0.3) is 5.70 Å². The minimum atomic E-state index is 0.206. The number of aromatic nitrogens is 2. The van der Waals surface area contributed by atoms with E-state index >= 15 is 0 Å². The first-order chi connectivity index (χ1) is 17.3. The summed E-state index contributed by atoms with van der Waals surface area (Å²) in [5.74, 6) is 3.44. The van der Waals surface area contributed by atoms with E-state index in [2.05, 4.69) is 63.1 Å². The minimum absolute atomic E-state index is 0.206. The van der Waals surface area contributed by atoms with E-state index in [9.17, 15) is 0 Å². The summed E-state index contributed by atoms with van der Waals surface area (Å²) < 4.78 is 6.21. The maximum absolute atomic E-state index is 6.21. The Bertz CT molecular complexity index is 1060. The summed E-state index contributed by atoms with van der Waals surface area (Å²) in [7, 11) is 4.04. The summed E-state index contributed by atoms with van der Waals surface area (Å²) in [6.07, 6.45) is 3.33. The quantitative estimate of drug-likeness (QED) is 0.211. The summed E-state index contributed by atoms with van der Waals surface area (Å²) in [4.78, 5) is 23.6. The lowest BCUT2D eigenvalue weighted by molar-refractivity contribution is 0.287. The molecule has 2 aromatic rings. The molecule has 1 saturated heterocycles. The molecule has 0 spiro atoms. The van der Waals surface area contributed by atoms with Crippen LogP contribution in [-0.2, 0) is 11.4 Å². The van der Waals surface area contributed by atoms with Crippen molar-refractivity contribution in [1.29, 1.82) is 0 Å². The second-order valence-electron chi connectivity index (χ2n) is 9.48. The van der Waals surface area contributed by atoms with Gasteiger partial charge in [0.25, 0.3) is 0 Å². The molecule has 0 atom stereocenters. The third-order valence-corrected chi connectivity index (χ3v) is 6.09. The van der Waals surface area contributed by atoms with Crippen molar-refractivity contribution >= 4 is 36.8 Å². The number of anilines is 1. The zero-order chi connectivity index (χ0) is 26.1. The Morgan fingerprint density at radius 3 is 2.53 bits per heavy atom. The van der Waals surface area contributed by atoms with Crippen LogP contribution in [0.15, 0.2) is 46.1 Å². The second-order valence-corrected chi connectivity index (χ2v) is 9.74. The Hall–Kier alpha value is -3.11. The van der Waals surface area contributed by atoms with Crippen molar-refractivity contribution in [3.8, 4) is 11.6 Å². The lowest BCUT2D eigenvalue weighted by atomic mass is 9.96. The van der Waals surface area contributed by atoms with Crippen molar-refractivity contribution in [3.63, 3.8) is 0 Å². The standard InChI is InChI=1S/C26H37N7O2S/c1-18(2)14-29-25(35-28-3)20-10-12-33(13-11-20)24-22(15-32(4)5)26(31-17-30-24)34-21-8-6-19(7-9-21)23(27)16-36/h6-9,16-18,20,36H,3,10-15,27H2,1-2,4-5H3/b23-16-,29-25?. The number of piperidine rings is 1. The van der Waals surface area contributed by atoms with Crippen LogP contribution in [0, 0.1) is 11.8 Å². The SMILES string of the molecule is C=NOC(=NCC(C)C)C1CCN(c2ncnc(Oc3ccc(/C(N)=C/S)cc3)c2CN(C)C)CC1. The predicted octanol–water partition coefficient (Wildman–Crippen LogP) is 4.42. The lowest BCUT2D eigenvalue weighted by Crippen LogP contribution is -2.38. The predicted molar refractivity (Wildman–Crippen MR) is 150 cm³/mol. The molecular formula is C26H37N7O2S. The van der Waals surface area contributed by atoms with Crippen LogP contribution in [0.2, 0.25) is 0 Å². The summed E-state index contributed by atoms with van der Waals surface area (Å²) in [5, 5.41) is 5.21. The van der Waals surface area contributed by atoms with Crippen LogP contribution >= 0.6 is 12.6 Å². The van der Waals surface area contributed by atoms with Gasteiger partial charge in [0.05, 0.1) is 5.56 Å². The van der Waals surface area contributed by atoms with Crippen molar-refractivity contribution in [2.24, 2.45) is 27.7 Å². The van der Waals surface area contributed by atoms with Crippen LogP contribution < -0.4 is 15.4 Å². The van der Waals surface area contributed by atoms with E-state index in [1.807, 2.05) is 38.4 Å². The fraction of sp³-hybridized carbons (Fsp3) is 0.462. The molecule has 3 rings (SSSR count). The number of nitrogens with two attached hydrogens (primary N) is 1. The van der Waals surface area contributed by atoms with Crippen LogP contribution in [-0.4, -0.2) is 61.2 Å². The van der Waals surface area contributed by atoms with Crippen LogP contribution in [0.4, 0.5) is 5.82 Å². The topological polar surface area (TPSA) is 101 Å². The molecule has 2 N–H and O–H groups in total. The summed E-state index contributed by atoms with van der Waals surface area (Å²) in [6.45, 7) is 10.7. The number of thiol groups is 1. The maximum atomic E-state index is 6.21. The fourth-order valence-electron chi connectivity index (χ4n) is 4.01. The van der Waals surface area contributed by atoms with E-state index in [1.54, 1.807) is 11.7 Å². The van der Waals surface area contributed by atoms with E-state index in [0.29, 0.717) is 42.2 Å². The second kappa shape index (κ2) is 13.3. The van der Waals surface area contributed by atoms with E-state index in [1.165, 1.54) is 0 Å². The number of aliphatic imine (C=N–C) groups is 1. The van der Waals surface area contributed by atoms with E-state index < -0.39 is 0 Å². The first-order valence-electron chi connectivity index (χ1n) is 12.1. The number of ether oxygens (including phenoxy) is 1. The Labute approximate surface area is 219 Å². The molecule has 1 aliphatic rings. The lowest BCUT2D eigenvalue weighted by Gasteiger charge is -2.34. The van der Waals surface area contributed by atoms with Crippen molar-refractivity contribution in [2.45, 2.75) is 33.2 Å². The number of hydrogen-bond donors (Lipinski definition) is 2. The fourth-order valence-corrected chi connectivity index (χ4v) is 4.16. The number of nitrogens with zero attached hydrogens (tertiary/aromatic N) is 6. The number of oxime groups is 1. The van der Waals surface area contributed by atoms with Crippen molar-refractivity contribution in [3.05, 3.63) is 47.1 Å². The number of rotatable bonds is 10. The van der Waals surface area contributed by atoms with Gasteiger partial charge < -0.3 is 25.1 Å². The number of benzene rings is 1. The Morgan fingerprint density at radius 2 is 1.94 bits per heavy atom. The molecular weight excluding hydrogens is 474 g/mol. The Kier molecular flexibility index (Phi) is 10.1. The molecule has 194 valence electrons. The van der Waals surface area contributed by atoms with Crippen LogP contribution in [0.3, 0.4) is 0 Å². The van der Waals surface area contributed by atoms with Crippen LogP contribution in [0.5, 0.6) is 11.6 Å². The van der Waals surface area contributed by atoms with Gasteiger partial charge in [0.2, 0.25) is 11.8 Å². The van der Waals surface area contributed by atoms with Gasteiger partial charge in [0, 0.05) is 44.5 Å². The molecule has 0 bridgehead atoms. The normalized spacial score (nSPS) is 15.5. The average Bonchev–Trinajstić information content (AvgIpc) is 2.87. The molecule has 0 amide bonds. The molecule has 0 unspecified atom stereocenters. The van der Waals surface area contributed by atoms with Gasteiger partial charge in [-0.3, -0.25) is 4.99 Å². The molecule has 1 aromatic heterocycles. The van der Waals surface area contributed by atoms with Gasteiger partial charge in [-0.2, -0.15) is 0 Å². The van der Waals surface area contributed by atoms with E-state index in [0.717, 1.165) is 42.9 Å². The number of hydrogen-bond acceptors (Lipinski definition) is 10. The van der Waals surface area contributed by atoms with Crippen molar-refractivity contribution in [2.75, 3.05) is 38.6 Å². The highest BCUT2D eigenvalue weighted by molar-refractivity contribution is 7.83. The minimum Gasteiger partial charge on any atom is -0.438 e. The molecule has 9 nitrogen and oxygen atoms in total. The molecule has 1 aromatic carbocycles. The van der Waals surface area contributed by atoms with E-state index in [4.69, 9.17) is 15.3 Å². The van der Waals surface area contributed by atoms with Crippen molar-refractivity contribution < 1.29 is 9.57 Å².